The van der Waals surface area contributed by atoms with Crippen LogP contribution in [-0.2, 0) is 0 Å². The first-order valence-electron chi connectivity index (χ1n) is 4.85. The van der Waals surface area contributed by atoms with Gasteiger partial charge in [0.2, 0.25) is 0 Å². The number of hydrogen-bond acceptors (Lipinski definition) is 2. The Balaban J connectivity index is 2.79. The fourth-order valence-electron chi connectivity index (χ4n) is 0.950. The predicted molar refractivity (Wildman–Crippen MR) is 65.5 cm³/mol. The molecular weight excluding hydrogens is 298 g/mol. The summed E-state index contributed by atoms with van der Waals surface area (Å²) in [4.78, 5) is 0. The summed E-state index contributed by atoms with van der Waals surface area (Å²) in [7, 11) is 0. The molecule has 1 rings (SSSR count). The molecule has 0 aliphatic carbocycles. The Morgan fingerprint density at radius 2 is 2.19 bits per heavy atom. The molecule has 0 amide bonds. The van der Waals surface area contributed by atoms with Crippen molar-refractivity contribution in [1.82, 2.24) is 0 Å². The topological polar surface area (TPSA) is 29.5 Å². The molecule has 0 aromatic heterocycles. The van der Waals surface area contributed by atoms with E-state index in [4.69, 9.17) is 16.3 Å². The number of halogens is 3. The van der Waals surface area contributed by atoms with Gasteiger partial charge in [-0.2, -0.15) is 0 Å². The molecule has 1 aromatic carbocycles. The minimum atomic E-state index is -0.921. The molecule has 1 unspecified atom stereocenters. The highest BCUT2D eigenvalue weighted by Gasteiger charge is 2.19. The van der Waals surface area contributed by atoms with Crippen LogP contribution < -0.4 is 4.74 Å². The lowest BCUT2D eigenvalue weighted by Crippen LogP contribution is -2.31. The van der Waals surface area contributed by atoms with Gasteiger partial charge in [0.05, 0.1) is 15.1 Å². The third kappa shape index (κ3) is 3.61. The average Bonchev–Trinajstić information content (AvgIpc) is 2.22. The van der Waals surface area contributed by atoms with Crippen LogP contribution >= 0.6 is 27.5 Å². The van der Waals surface area contributed by atoms with Crippen LogP contribution in [0.15, 0.2) is 16.6 Å². The van der Waals surface area contributed by atoms with Crippen LogP contribution in [0, 0.1) is 5.82 Å². The van der Waals surface area contributed by atoms with Crippen LogP contribution in [0.25, 0.3) is 0 Å². The van der Waals surface area contributed by atoms with E-state index >= 15 is 0 Å². The number of benzene rings is 1. The van der Waals surface area contributed by atoms with Gasteiger partial charge < -0.3 is 9.84 Å². The summed E-state index contributed by atoms with van der Waals surface area (Å²) in [5.41, 5.74) is -0.921. The van der Waals surface area contributed by atoms with Crippen molar-refractivity contribution in [3.05, 3.63) is 27.4 Å². The molecule has 0 saturated carbocycles. The van der Waals surface area contributed by atoms with Gasteiger partial charge in [-0.3, -0.25) is 0 Å². The van der Waals surface area contributed by atoms with Crippen LogP contribution in [0.4, 0.5) is 4.39 Å². The molecule has 90 valence electrons. The zero-order valence-electron chi connectivity index (χ0n) is 9.06. The van der Waals surface area contributed by atoms with Crippen molar-refractivity contribution in [2.45, 2.75) is 25.9 Å². The lowest BCUT2D eigenvalue weighted by atomic mass is 10.1. The maximum Gasteiger partial charge on any atom is 0.145 e. The number of hydrogen-bond donors (Lipinski definition) is 1. The summed E-state index contributed by atoms with van der Waals surface area (Å²) in [6, 6.07) is 2.62. The molecule has 2 nitrogen and oxygen atoms in total. The van der Waals surface area contributed by atoms with Crippen molar-refractivity contribution in [3.8, 4) is 5.75 Å². The van der Waals surface area contributed by atoms with E-state index in [0.717, 1.165) is 0 Å². The van der Waals surface area contributed by atoms with Gasteiger partial charge in [-0.05, 0) is 35.3 Å². The van der Waals surface area contributed by atoms with Crippen molar-refractivity contribution >= 4 is 27.5 Å². The molecule has 1 atom stereocenters. The number of aliphatic hydroxyl groups is 1. The fourth-order valence-corrected chi connectivity index (χ4v) is 1.70. The Morgan fingerprint density at radius 3 is 2.75 bits per heavy atom. The van der Waals surface area contributed by atoms with E-state index in [1.54, 1.807) is 6.92 Å². The maximum atomic E-state index is 13.2. The van der Waals surface area contributed by atoms with Crippen molar-refractivity contribution in [1.29, 1.82) is 0 Å². The third-order valence-corrected chi connectivity index (χ3v) is 3.18. The lowest BCUT2D eigenvalue weighted by Gasteiger charge is -2.21. The maximum absolute atomic E-state index is 13.2. The van der Waals surface area contributed by atoms with Gasteiger partial charge in [0.15, 0.2) is 0 Å². The first-order valence-corrected chi connectivity index (χ1v) is 6.02. The zero-order valence-corrected chi connectivity index (χ0v) is 11.4. The molecular formula is C11H13BrClFO2. The van der Waals surface area contributed by atoms with Crippen molar-refractivity contribution < 1.29 is 14.2 Å². The Bertz CT molecular complexity index is 382. The highest BCUT2D eigenvalue weighted by molar-refractivity contribution is 9.10. The summed E-state index contributed by atoms with van der Waals surface area (Å²) in [6.07, 6.45) is 0.556. The highest BCUT2D eigenvalue weighted by Crippen LogP contribution is 2.31. The van der Waals surface area contributed by atoms with Gasteiger partial charge in [0.1, 0.15) is 18.2 Å². The normalized spacial score (nSPS) is 14.6. The van der Waals surface area contributed by atoms with E-state index in [9.17, 15) is 9.50 Å². The second-order valence-electron chi connectivity index (χ2n) is 3.84. The van der Waals surface area contributed by atoms with Crippen LogP contribution in [0.3, 0.4) is 0 Å². The zero-order chi connectivity index (χ0) is 12.3. The van der Waals surface area contributed by atoms with Crippen LogP contribution in [0.1, 0.15) is 20.3 Å². The molecule has 0 fully saturated rings. The van der Waals surface area contributed by atoms with Crippen molar-refractivity contribution in [3.63, 3.8) is 0 Å². The molecule has 16 heavy (non-hydrogen) atoms. The van der Waals surface area contributed by atoms with E-state index < -0.39 is 11.4 Å². The van der Waals surface area contributed by atoms with E-state index in [0.29, 0.717) is 16.6 Å². The summed E-state index contributed by atoms with van der Waals surface area (Å²) >= 11 is 8.81. The second kappa shape index (κ2) is 5.34. The Morgan fingerprint density at radius 1 is 1.56 bits per heavy atom. The summed E-state index contributed by atoms with van der Waals surface area (Å²) in [5, 5.41) is 9.77. The molecule has 0 bridgehead atoms. The van der Waals surface area contributed by atoms with Crippen molar-refractivity contribution in [2.24, 2.45) is 0 Å². The van der Waals surface area contributed by atoms with E-state index in [1.165, 1.54) is 12.1 Å². The molecule has 5 heteroatoms. The standard InChI is InChI=1S/C11H13BrClFO2/c1-3-11(2,15)6-16-10-5-9(14)8(13)4-7(10)12/h4-5,15H,3,6H2,1-2H3. The average molecular weight is 312 g/mol. The smallest absolute Gasteiger partial charge is 0.145 e. The monoisotopic (exact) mass is 310 g/mol. The first-order chi connectivity index (χ1) is 7.35. The molecule has 0 spiro atoms. The lowest BCUT2D eigenvalue weighted by molar-refractivity contribution is 0.00814. The van der Waals surface area contributed by atoms with Crippen LogP contribution in [0.5, 0.6) is 5.75 Å². The van der Waals surface area contributed by atoms with E-state index in [2.05, 4.69) is 15.9 Å². The number of rotatable bonds is 4. The Hall–Kier alpha value is -0.320. The third-order valence-electron chi connectivity index (χ3n) is 2.28. The van der Waals surface area contributed by atoms with E-state index in [-0.39, 0.29) is 11.6 Å². The highest BCUT2D eigenvalue weighted by atomic mass is 79.9. The molecule has 0 aliphatic heterocycles. The van der Waals surface area contributed by atoms with Gasteiger partial charge in [0.25, 0.3) is 0 Å². The molecule has 0 radical (unpaired) electrons. The minimum absolute atomic E-state index is 0.0291. The van der Waals surface area contributed by atoms with Gasteiger partial charge >= 0.3 is 0 Å². The molecule has 0 saturated heterocycles. The van der Waals surface area contributed by atoms with Gasteiger partial charge in [0, 0.05) is 6.07 Å². The summed E-state index contributed by atoms with van der Waals surface area (Å²) < 4.78 is 19.1. The van der Waals surface area contributed by atoms with Crippen LogP contribution in [0.2, 0.25) is 5.02 Å². The van der Waals surface area contributed by atoms with Crippen molar-refractivity contribution in [2.75, 3.05) is 6.61 Å². The molecule has 1 N–H and O–H groups in total. The minimum Gasteiger partial charge on any atom is -0.489 e. The quantitative estimate of drug-likeness (QED) is 0.858. The van der Waals surface area contributed by atoms with Gasteiger partial charge in [-0.15, -0.1) is 0 Å². The number of ether oxygens (including phenoxy) is 1. The largest absolute Gasteiger partial charge is 0.489 e. The van der Waals surface area contributed by atoms with Gasteiger partial charge in [-0.25, -0.2) is 4.39 Å². The fraction of sp³-hybridized carbons (Fsp3) is 0.455. The first kappa shape index (κ1) is 13.7. The van der Waals surface area contributed by atoms with Gasteiger partial charge in [-0.1, -0.05) is 18.5 Å². The molecule has 0 heterocycles. The Labute approximate surface area is 108 Å². The van der Waals surface area contributed by atoms with Crippen LogP contribution in [-0.4, -0.2) is 17.3 Å². The Kier molecular flexibility index (Phi) is 4.59. The molecule has 0 aliphatic rings. The molecule has 1 aromatic rings. The second-order valence-corrected chi connectivity index (χ2v) is 5.10. The predicted octanol–water partition coefficient (Wildman–Crippen LogP) is 3.78. The summed E-state index contributed by atoms with van der Waals surface area (Å²) in [5.74, 6) is -0.216. The SMILES string of the molecule is CCC(C)(O)COc1cc(F)c(Cl)cc1Br. The van der Waals surface area contributed by atoms with E-state index in [1.807, 2.05) is 6.92 Å². The summed E-state index contributed by atoms with van der Waals surface area (Å²) in [6.45, 7) is 3.61.